The number of ether oxygens (including phenoxy) is 2. The molecule has 2 atom stereocenters. The number of phenolic OH excluding ortho intramolecular Hbond substituents is 1. The zero-order chi connectivity index (χ0) is 19.3. The molecule has 0 spiro atoms. The normalized spacial score (nSPS) is 20.2. The second kappa shape index (κ2) is 6.83. The van der Waals surface area contributed by atoms with Crippen LogP contribution in [0.3, 0.4) is 0 Å². The van der Waals surface area contributed by atoms with E-state index in [1.165, 1.54) is 0 Å². The monoisotopic (exact) mass is 456 g/mol. The molecule has 0 bridgehead atoms. The molecule has 0 radical (unpaired) electrons. The third-order valence-corrected chi connectivity index (χ3v) is 6.45. The minimum absolute atomic E-state index is 0.0361. The molecule has 1 N–H and O–H groups in total. The Labute approximate surface area is 175 Å². The molecule has 142 valence electrons. The maximum Gasteiger partial charge on any atom is 0.222 e. The van der Waals surface area contributed by atoms with Gasteiger partial charge in [-0.15, -0.1) is 11.3 Å². The van der Waals surface area contributed by atoms with E-state index in [2.05, 4.69) is 28.1 Å². The molecule has 28 heavy (non-hydrogen) atoms. The molecule has 0 saturated carbocycles. The molecule has 2 aliphatic rings. The zero-order valence-corrected chi connectivity index (χ0v) is 17.4. The molecule has 0 aliphatic carbocycles. The number of hydrazone groups is 1. The summed E-state index contributed by atoms with van der Waals surface area (Å²) in [6, 6.07) is 15.4. The van der Waals surface area contributed by atoms with Crippen molar-refractivity contribution in [2.75, 3.05) is 7.11 Å². The number of thiophene rings is 1. The quantitative estimate of drug-likeness (QED) is 0.567. The first kappa shape index (κ1) is 17.6. The lowest BCUT2D eigenvalue weighted by Gasteiger charge is -2.37. The first-order valence-corrected chi connectivity index (χ1v) is 10.5. The Morgan fingerprint density at radius 2 is 2.14 bits per heavy atom. The minimum atomic E-state index is -0.288. The van der Waals surface area contributed by atoms with Crippen LogP contribution in [-0.2, 0) is 0 Å². The van der Waals surface area contributed by atoms with E-state index in [9.17, 15) is 5.11 Å². The molecular weight excluding hydrogens is 440 g/mol. The average molecular weight is 457 g/mol. The summed E-state index contributed by atoms with van der Waals surface area (Å²) in [7, 11) is 1.62. The number of aromatic hydroxyl groups is 1. The number of rotatable bonds is 3. The van der Waals surface area contributed by atoms with Crippen molar-refractivity contribution in [1.82, 2.24) is 5.01 Å². The second-order valence-corrected chi connectivity index (χ2v) is 8.59. The van der Waals surface area contributed by atoms with Crippen LogP contribution in [0.25, 0.3) is 0 Å². The lowest BCUT2D eigenvalue weighted by atomic mass is 9.96. The van der Waals surface area contributed by atoms with Gasteiger partial charge in [-0.2, -0.15) is 5.10 Å². The lowest BCUT2D eigenvalue weighted by Crippen LogP contribution is -2.33. The van der Waals surface area contributed by atoms with Crippen LogP contribution >= 0.6 is 27.3 Å². The van der Waals surface area contributed by atoms with Crippen molar-refractivity contribution in [3.63, 3.8) is 0 Å². The topological polar surface area (TPSA) is 54.3 Å². The lowest BCUT2D eigenvalue weighted by molar-refractivity contribution is -0.0166. The van der Waals surface area contributed by atoms with Crippen LogP contribution in [0, 0.1) is 0 Å². The summed E-state index contributed by atoms with van der Waals surface area (Å²) in [4.78, 5) is 1.10. The Kier molecular flexibility index (Phi) is 4.29. The zero-order valence-electron chi connectivity index (χ0n) is 15.0. The maximum absolute atomic E-state index is 10.4. The number of nitrogens with zero attached hydrogens (tertiary/aromatic N) is 2. The molecule has 7 heteroatoms. The molecule has 3 aromatic rings. The molecule has 2 aromatic carbocycles. The van der Waals surface area contributed by atoms with Crippen molar-refractivity contribution in [2.24, 2.45) is 5.10 Å². The summed E-state index contributed by atoms with van der Waals surface area (Å²) in [6.45, 7) is 0. The summed E-state index contributed by atoms with van der Waals surface area (Å²) in [5.41, 5.74) is 2.60. The SMILES string of the molecule is COc1ccc(O)c(C2=NN3[C@@H](c4cccs4)Oc4ccc(Br)cc4[C@@H]3C2)c1. The van der Waals surface area contributed by atoms with E-state index in [0.29, 0.717) is 17.7 Å². The van der Waals surface area contributed by atoms with Crippen LogP contribution in [-0.4, -0.2) is 22.9 Å². The Balaban J connectivity index is 1.61. The molecule has 2 aliphatic heterocycles. The van der Waals surface area contributed by atoms with E-state index in [1.807, 2.05) is 34.7 Å². The highest BCUT2D eigenvalue weighted by atomic mass is 79.9. The van der Waals surface area contributed by atoms with Crippen LogP contribution in [0.1, 0.15) is 34.7 Å². The highest BCUT2D eigenvalue weighted by molar-refractivity contribution is 9.10. The highest BCUT2D eigenvalue weighted by Crippen LogP contribution is 2.49. The largest absolute Gasteiger partial charge is 0.507 e. The molecule has 0 saturated heterocycles. The second-order valence-electron chi connectivity index (χ2n) is 6.70. The fraction of sp³-hybridized carbons (Fsp3) is 0.190. The van der Waals surface area contributed by atoms with Crippen molar-refractivity contribution in [3.8, 4) is 17.2 Å². The van der Waals surface area contributed by atoms with Crippen LogP contribution < -0.4 is 9.47 Å². The molecule has 5 rings (SSSR count). The summed E-state index contributed by atoms with van der Waals surface area (Å²) in [6.07, 6.45) is 0.388. The van der Waals surface area contributed by atoms with Gasteiger partial charge in [0.2, 0.25) is 6.23 Å². The van der Waals surface area contributed by atoms with Gasteiger partial charge in [-0.25, -0.2) is 5.01 Å². The number of phenols is 1. The fourth-order valence-electron chi connectivity index (χ4n) is 3.71. The number of halogens is 1. The molecule has 5 nitrogen and oxygen atoms in total. The predicted molar refractivity (Wildman–Crippen MR) is 112 cm³/mol. The van der Waals surface area contributed by atoms with Gasteiger partial charge in [0.15, 0.2) is 0 Å². The third-order valence-electron chi connectivity index (χ3n) is 5.05. The van der Waals surface area contributed by atoms with Gasteiger partial charge >= 0.3 is 0 Å². The van der Waals surface area contributed by atoms with Crippen molar-refractivity contribution in [1.29, 1.82) is 0 Å². The Morgan fingerprint density at radius 3 is 2.93 bits per heavy atom. The van der Waals surface area contributed by atoms with Gasteiger partial charge in [-0.3, -0.25) is 0 Å². The first-order valence-electron chi connectivity index (χ1n) is 8.87. The molecule has 0 unspecified atom stereocenters. The Hall–Kier alpha value is -2.51. The fourth-order valence-corrected chi connectivity index (χ4v) is 4.84. The summed E-state index contributed by atoms with van der Waals surface area (Å²) < 4.78 is 12.7. The third kappa shape index (κ3) is 2.86. The van der Waals surface area contributed by atoms with Crippen molar-refractivity contribution >= 4 is 33.0 Å². The summed E-state index contributed by atoms with van der Waals surface area (Å²) in [5, 5.41) is 19.4. The van der Waals surface area contributed by atoms with E-state index < -0.39 is 0 Å². The highest BCUT2D eigenvalue weighted by Gasteiger charge is 2.41. The number of benzene rings is 2. The Morgan fingerprint density at radius 1 is 1.25 bits per heavy atom. The predicted octanol–water partition coefficient (Wildman–Crippen LogP) is 5.47. The molecule has 1 aromatic heterocycles. The van der Waals surface area contributed by atoms with Gasteiger partial charge in [-0.1, -0.05) is 22.0 Å². The number of hydrogen-bond donors (Lipinski definition) is 1. The van der Waals surface area contributed by atoms with E-state index in [4.69, 9.17) is 14.6 Å². The molecule has 0 fully saturated rings. The summed E-state index contributed by atoms with van der Waals surface area (Å²) >= 11 is 5.21. The standard InChI is InChI=1S/C21H17BrN2O3S/c1-26-13-5-6-18(25)14(10-13)16-11-17-15-9-12(22)4-7-19(15)27-21(24(17)23-16)20-3-2-8-28-20/h2-10,17,21,25H,11H2,1H3/t17-,21+/m0/s1. The van der Waals surface area contributed by atoms with Gasteiger partial charge in [0.05, 0.1) is 23.7 Å². The van der Waals surface area contributed by atoms with Crippen LogP contribution in [0.4, 0.5) is 0 Å². The summed E-state index contributed by atoms with van der Waals surface area (Å²) in [5.74, 6) is 1.76. The van der Waals surface area contributed by atoms with Gasteiger partial charge in [0.1, 0.15) is 17.2 Å². The van der Waals surface area contributed by atoms with Gasteiger partial charge in [-0.05, 0) is 47.8 Å². The maximum atomic E-state index is 10.4. The van der Waals surface area contributed by atoms with Crippen molar-refractivity contribution < 1.29 is 14.6 Å². The van der Waals surface area contributed by atoms with Gasteiger partial charge < -0.3 is 14.6 Å². The van der Waals surface area contributed by atoms with Crippen molar-refractivity contribution in [2.45, 2.75) is 18.7 Å². The number of hydrogen-bond acceptors (Lipinski definition) is 6. The minimum Gasteiger partial charge on any atom is -0.507 e. The molecular formula is C21H17BrN2O3S. The first-order chi connectivity index (χ1) is 13.6. The van der Waals surface area contributed by atoms with E-state index in [-0.39, 0.29) is 18.0 Å². The Bertz CT molecular complexity index is 1070. The molecule has 3 heterocycles. The van der Waals surface area contributed by atoms with Crippen LogP contribution in [0.2, 0.25) is 0 Å². The average Bonchev–Trinajstić information content (AvgIpc) is 3.38. The van der Waals surface area contributed by atoms with E-state index >= 15 is 0 Å². The molecule has 0 amide bonds. The number of fused-ring (bicyclic) bond motifs is 3. The smallest absolute Gasteiger partial charge is 0.222 e. The van der Waals surface area contributed by atoms with Gasteiger partial charge in [0, 0.05) is 22.0 Å². The van der Waals surface area contributed by atoms with E-state index in [0.717, 1.165) is 26.4 Å². The van der Waals surface area contributed by atoms with Crippen LogP contribution in [0.5, 0.6) is 17.2 Å². The van der Waals surface area contributed by atoms with E-state index in [1.54, 1.807) is 30.6 Å². The number of methoxy groups -OCH3 is 1. The van der Waals surface area contributed by atoms with Crippen LogP contribution in [0.15, 0.2) is 63.5 Å². The van der Waals surface area contributed by atoms with Gasteiger partial charge in [0.25, 0.3) is 0 Å². The van der Waals surface area contributed by atoms with Crippen molar-refractivity contribution in [3.05, 3.63) is 74.4 Å².